The molecule has 0 radical (unpaired) electrons. The minimum absolute atomic E-state index is 0.00682. The van der Waals surface area contributed by atoms with Crippen molar-refractivity contribution < 1.29 is 19.1 Å². The SMILES string of the molecule is CC(CCC(C)(C)C)C(=O)OCCCC(=O)NCCCNC(=O)C(C)(C)C. The Kier molecular flexibility index (Phi) is 11.3. The van der Waals surface area contributed by atoms with Gasteiger partial charge in [-0.2, -0.15) is 0 Å². The van der Waals surface area contributed by atoms with Gasteiger partial charge in [0.15, 0.2) is 0 Å². The summed E-state index contributed by atoms with van der Waals surface area (Å²) in [7, 11) is 0. The Morgan fingerprint density at radius 1 is 0.926 bits per heavy atom. The van der Waals surface area contributed by atoms with Crippen molar-refractivity contribution in [2.24, 2.45) is 16.7 Å². The molecule has 27 heavy (non-hydrogen) atoms. The van der Waals surface area contributed by atoms with E-state index in [0.29, 0.717) is 32.4 Å². The van der Waals surface area contributed by atoms with Gasteiger partial charge in [-0.1, -0.05) is 48.5 Å². The van der Waals surface area contributed by atoms with Crippen molar-refractivity contribution in [3.05, 3.63) is 0 Å². The Morgan fingerprint density at radius 3 is 2.07 bits per heavy atom. The molecule has 0 heterocycles. The van der Waals surface area contributed by atoms with Gasteiger partial charge < -0.3 is 15.4 Å². The van der Waals surface area contributed by atoms with Crippen molar-refractivity contribution in [2.45, 2.75) is 80.6 Å². The van der Waals surface area contributed by atoms with E-state index in [-0.39, 0.29) is 35.7 Å². The van der Waals surface area contributed by atoms with Crippen LogP contribution in [0.3, 0.4) is 0 Å². The molecule has 0 aromatic rings. The van der Waals surface area contributed by atoms with Gasteiger partial charge in [0.2, 0.25) is 11.8 Å². The van der Waals surface area contributed by atoms with E-state index in [4.69, 9.17) is 4.74 Å². The first kappa shape index (κ1) is 25.4. The van der Waals surface area contributed by atoms with Crippen LogP contribution in [0.1, 0.15) is 80.6 Å². The van der Waals surface area contributed by atoms with E-state index >= 15 is 0 Å². The maximum absolute atomic E-state index is 11.9. The van der Waals surface area contributed by atoms with E-state index in [1.54, 1.807) is 0 Å². The molecule has 1 atom stereocenters. The van der Waals surface area contributed by atoms with E-state index in [1.165, 1.54) is 0 Å². The molecule has 0 aliphatic carbocycles. The highest BCUT2D eigenvalue weighted by Gasteiger charge is 2.20. The number of ether oxygens (including phenoxy) is 1. The summed E-state index contributed by atoms with van der Waals surface area (Å²) >= 11 is 0. The average molecular weight is 385 g/mol. The molecule has 0 fully saturated rings. The highest BCUT2D eigenvalue weighted by atomic mass is 16.5. The molecule has 0 aromatic heterocycles. The quantitative estimate of drug-likeness (QED) is 0.422. The van der Waals surface area contributed by atoms with Gasteiger partial charge in [-0.3, -0.25) is 14.4 Å². The van der Waals surface area contributed by atoms with E-state index in [2.05, 4.69) is 31.4 Å². The molecule has 158 valence electrons. The molecule has 0 bridgehead atoms. The zero-order chi connectivity index (χ0) is 21.1. The third-order valence-corrected chi connectivity index (χ3v) is 4.16. The zero-order valence-corrected chi connectivity index (χ0v) is 18.4. The fourth-order valence-electron chi connectivity index (χ4n) is 2.19. The number of esters is 1. The molecule has 6 heteroatoms. The summed E-state index contributed by atoms with van der Waals surface area (Å²) in [6, 6.07) is 0. The van der Waals surface area contributed by atoms with Crippen molar-refractivity contribution in [3.63, 3.8) is 0 Å². The van der Waals surface area contributed by atoms with Gasteiger partial charge in [-0.15, -0.1) is 0 Å². The second-order valence-electron chi connectivity index (χ2n) is 9.48. The largest absolute Gasteiger partial charge is 0.465 e. The molecule has 0 rings (SSSR count). The summed E-state index contributed by atoms with van der Waals surface area (Å²) < 4.78 is 5.25. The predicted octanol–water partition coefficient (Wildman–Crippen LogP) is 3.44. The van der Waals surface area contributed by atoms with Gasteiger partial charge in [-0.25, -0.2) is 0 Å². The summed E-state index contributed by atoms with van der Waals surface area (Å²) in [5, 5.41) is 5.66. The van der Waals surface area contributed by atoms with Gasteiger partial charge in [0, 0.05) is 24.9 Å². The van der Waals surface area contributed by atoms with Crippen molar-refractivity contribution in [3.8, 4) is 0 Å². The molecule has 0 aliphatic heterocycles. The minimum atomic E-state index is -0.398. The third kappa shape index (κ3) is 14.2. The topological polar surface area (TPSA) is 84.5 Å². The zero-order valence-electron chi connectivity index (χ0n) is 18.4. The lowest BCUT2D eigenvalue weighted by molar-refractivity contribution is -0.148. The average Bonchev–Trinajstić information content (AvgIpc) is 2.54. The number of hydrogen-bond donors (Lipinski definition) is 2. The molecule has 2 amide bonds. The number of hydrogen-bond acceptors (Lipinski definition) is 4. The first-order valence-electron chi connectivity index (χ1n) is 10.0. The molecule has 0 aromatic carbocycles. The Bertz CT molecular complexity index is 476. The Balaban J connectivity index is 3.71. The monoisotopic (exact) mass is 384 g/mol. The number of amides is 2. The number of carbonyl (C=O) groups excluding carboxylic acids is 3. The lowest BCUT2D eigenvalue weighted by atomic mass is 9.87. The maximum Gasteiger partial charge on any atom is 0.308 e. The second-order valence-corrected chi connectivity index (χ2v) is 9.48. The summed E-state index contributed by atoms with van der Waals surface area (Å²) in [6.45, 7) is 15.3. The molecule has 1 unspecified atom stereocenters. The number of rotatable bonds is 11. The van der Waals surface area contributed by atoms with Crippen LogP contribution < -0.4 is 10.6 Å². The molecule has 0 saturated heterocycles. The fraction of sp³-hybridized carbons (Fsp3) is 0.857. The van der Waals surface area contributed by atoms with Crippen LogP contribution in [0.4, 0.5) is 0 Å². The van der Waals surface area contributed by atoms with Gasteiger partial charge in [-0.05, 0) is 31.1 Å². The van der Waals surface area contributed by atoms with Crippen LogP contribution >= 0.6 is 0 Å². The standard InChI is InChI=1S/C21H40N2O4/c1-16(11-12-20(2,3)4)18(25)27-15-8-10-17(24)22-13-9-14-23-19(26)21(5,6)7/h16H,8-15H2,1-7H3,(H,22,24)(H,23,26). The molecule has 0 aliphatic rings. The summed E-state index contributed by atoms with van der Waals surface area (Å²) in [5.41, 5.74) is -0.187. The van der Waals surface area contributed by atoms with Crippen LogP contribution in [-0.4, -0.2) is 37.5 Å². The molecule has 6 nitrogen and oxygen atoms in total. The Morgan fingerprint density at radius 2 is 1.52 bits per heavy atom. The van der Waals surface area contributed by atoms with Crippen molar-refractivity contribution >= 4 is 17.8 Å². The number of carbonyl (C=O) groups is 3. The van der Waals surface area contributed by atoms with Crippen LogP contribution in [-0.2, 0) is 19.1 Å². The van der Waals surface area contributed by atoms with E-state index in [1.807, 2.05) is 27.7 Å². The van der Waals surface area contributed by atoms with Crippen molar-refractivity contribution in [2.75, 3.05) is 19.7 Å². The highest BCUT2D eigenvalue weighted by Crippen LogP contribution is 2.24. The maximum atomic E-state index is 11.9. The molecule has 0 spiro atoms. The number of nitrogens with one attached hydrogen (secondary N) is 2. The minimum Gasteiger partial charge on any atom is -0.465 e. The van der Waals surface area contributed by atoms with Crippen molar-refractivity contribution in [1.82, 2.24) is 10.6 Å². The van der Waals surface area contributed by atoms with Crippen LogP contribution in [0, 0.1) is 16.7 Å². The molecule has 2 N–H and O–H groups in total. The van der Waals surface area contributed by atoms with E-state index < -0.39 is 5.41 Å². The van der Waals surface area contributed by atoms with Gasteiger partial charge in [0.05, 0.1) is 12.5 Å². The second kappa shape index (κ2) is 12.0. The summed E-state index contributed by atoms with van der Waals surface area (Å²) in [6.07, 6.45) is 3.33. The van der Waals surface area contributed by atoms with Gasteiger partial charge in [0.1, 0.15) is 0 Å². The lowest BCUT2D eigenvalue weighted by Gasteiger charge is -2.20. The summed E-state index contributed by atoms with van der Waals surface area (Å²) in [4.78, 5) is 35.4. The predicted molar refractivity (Wildman–Crippen MR) is 108 cm³/mol. The first-order valence-corrected chi connectivity index (χ1v) is 10.0. The van der Waals surface area contributed by atoms with Crippen LogP contribution in [0.2, 0.25) is 0 Å². The molecular weight excluding hydrogens is 344 g/mol. The highest BCUT2D eigenvalue weighted by molar-refractivity contribution is 5.81. The molecular formula is C21H40N2O4. The third-order valence-electron chi connectivity index (χ3n) is 4.16. The summed E-state index contributed by atoms with van der Waals surface area (Å²) in [5.74, 6) is -0.350. The van der Waals surface area contributed by atoms with E-state index in [0.717, 1.165) is 12.8 Å². The first-order chi connectivity index (χ1) is 12.3. The van der Waals surface area contributed by atoms with Gasteiger partial charge >= 0.3 is 5.97 Å². The normalized spacial score (nSPS) is 13.0. The Labute approximate surface area is 165 Å². The Hall–Kier alpha value is -1.59. The lowest BCUT2D eigenvalue weighted by Crippen LogP contribution is -2.36. The van der Waals surface area contributed by atoms with Crippen molar-refractivity contribution in [1.29, 1.82) is 0 Å². The van der Waals surface area contributed by atoms with Crippen LogP contribution in [0.15, 0.2) is 0 Å². The van der Waals surface area contributed by atoms with Crippen LogP contribution in [0.25, 0.3) is 0 Å². The smallest absolute Gasteiger partial charge is 0.308 e. The molecule has 0 saturated carbocycles. The fourth-order valence-corrected chi connectivity index (χ4v) is 2.19. The van der Waals surface area contributed by atoms with E-state index in [9.17, 15) is 14.4 Å². The van der Waals surface area contributed by atoms with Gasteiger partial charge in [0.25, 0.3) is 0 Å². The van der Waals surface area contributed by atoms with Crippen LogP contribution in [0.5, 0.6) is 0 Å².